The van der Waals surface area contributed by atoms with Crippen molar-refractivity contribution in [3.63, 3.8) is 0 Å². The number of allylic oxidation sites excluding steroid dienone is 2. The highest BCUT2D eigenvalue weighted by Gasteiger charge is 2.18. The molecule has 3 heteroatoms. The average Bonchev–Trinajstić information content (AvgIpc) is 2.59. The van der Waals surface area contributed by atoms with Crippen LogP contribution < -0.4 is 0 Å². The van der Waals surface area contributed by atoms with Gasteiger partial charge < -0.3 is 4.74 Å². The normalized spacial score (nSPS) is 17.9. The fourth-order valence-corrected chi connectivity index (χ4v) is 1.34. The number of ether oxygens (including phenoxy) is 1. The molecular weight excluding hydrogens is 202 g/mol. The summed E-state index contributed by atoms with van der Waals surface area (Å²) in [6.07, 6.45) is 5.34. The van der Waals surface area contributed by atoms with Gasteiger partial charge in [0.1, 0.15) is 0 Å². The van der Waals surface area contributed by atoms with E-state index in [0.29, 0.717) is 11.6 Å². The SMILES string of the molecule is CC1=N/C(=C\C=C\c2ccccc2)C(=O)O1. The lowest BCUT2D eigenvalue weighted by Gasteiger charge is -1.89. The lowest BCUT2D eigenvalue weighted by atomic mass is 10.2. The van der Waals surface area contributed by atoms with Crippen LogP contribution in [0.3, 0.4) is 0 Å². The van der Waals surface area contributed by atoms with E-state index in [0.717, 1.165) is 5.56 Å². The van der Waals surface area contributed by atoms with Crippen LogP contribution in [0.15, 0.2) is 53.2 Å². The number of carbonyl (C=O) groups is 1. The van der Waals surface area contributed by atoms with Gasteiger partial charge in [0.15, 0.2) is 11.6 Å². The molecule has 3 nitrogen and oxygen atoms in total. The molecule has 1 aromatic rings. The summed E-state index contributed by atoms with van der Waals surface area (Å²) in [5, 5.41) is 0. The van der Waals surface area contributed by atoms with Crippen LogP contribution in [0, 0.1) is 0 Å². The fourth-order valence-electron chi connectivity index (χ4n) is 1.34. The van der Waals surface area contributed by atoms with Crippen molar-refractivity contribution in [1.82, 2.24) is 0 Å². The molecule has 0 N–H and O–H groups in total. The molecule has 0 aliphatic carbocycles. The Kier molecular flexibility index (Phi) is 2.96. The van der Waals surface area contributed by atoms with Crippen molar-refractivity contribution >= 4 is 17.9 Å². The number of cyclic esters (lactones) is 1. The number of rotatable bonds is 2. The minimum absolute atomic E-state index is 0.338. The maximum absolute atomic E-state index is 11.2. The Hall–Kier alpha value is -2.16. The van der Waals surface area contributed by atoms with Gasteiger partial charge in [-0.1, -0.05) is 42.5 Å². The van der Waals surface area contributed by atoms with Crippen molar-refractivity contribution in [2.45, 2.75) is 6.92 Å². The third-order valence-corrected chi connectivity index (χ3v) is 2.07. The molecule has 80 valence electrons. The Morgan fingerprint density at radius 1 is 1.25 bits per heavy atom. The average molecular weight is 213 g/mol. The molecule has 1 aliphatic rings. The molecule has 0 amide bonds. The van der Waals surface area contributed by atoms with Crippen molar-refractivity contribution in [2.75, 3.05) is 0 Å². The predicted molar refractivity (Wildman–Crippen MR) is 62.8 cm³/mol. The molecule has 0 spiro atoms. The van der Waals surface area contributed by atoms with E-state index in [4.69, 9.17) is 4.74 Å². The number of aliphatic imine (C=N–C) groups is 1. The molecule has 1 heterocycles. The molecule has 1 aliphatic heterocycles. The van der Waals surface area contributed by atoms with E-state index in [2.05, 4.69) is 4.99 Å². The maximum atomic E-state index is 11.2. The lowest BCUT2D eigenvalue weighted by molar-refractivity contribution is -0.130. The zero-order valence-corrected chi connectivity index (χ0v) is 8.88. The first-order valence-electron chi connectivity index (χ1n) is 4.96. The number of hydrogen-bond donors (Lipinski definition) is 0. The van der Waals surface area contributed by atoms with E-state index in [1.165, 1.54) is 0 Å². The monoisotopic (exact) mass is 213 g/mol. The summed E-state index contributed by atoms with van der Waals surface area (Å²) in [6, 6.07) is 9.84. The summed E-state index contributed by atoms with van der Waals surface area (Å²) in [4.78, 5) is 15.1. The second-order valence-corrected chi connectivity index (χ2v) is 3.34. The van der Waals surface area contributed by atoms with Crippen LogP contribution in [0.5, 0.6) is 0 Å². The molecule has 0 fully saturated rings. The Morgan fingerprint density at radius 3 is 2.62 bits per heavy atom. The summed E-state index contributed by atoms with van der Waals surface area (Å²) in [6.45, 7) is 1.65. The molecule has 16 heavy (non-hydrogen) atoms. The number of esters is 1. The van der Waals surface area contributed by atoms with Crippen molar-refractivity contribution in [2.24, 2.45) is 4.99 Å². The van der Waals surface area contributed by atoms with Crippen LogP contribution in [-0.2, 0) is 9.53 Å². The third-order valence-electron chi connectivity index (χ3n) is 2.07. The van der Waals surface area contributed by atoms with Crippen molar-refractivity contribution in [3.05, 3.63) is 53.7 Å². The van der Waals surface area contributed by atoms with Gasteiger partial charge >= 0.3 is 5.97 Å². The van der Waals surface area contributed by atoms with E-state index >= 15 is 0 Å². The highest BCUT2D eigenvalue weighted by atomic mass is 16.6. The molecule has 0 radical (unpaired) electrons. The Labute approximate surface area is 93.8 Å². The van der Waals surface area contributed by atoms with E-state index in [-0.39, 0.29) is 0 Å². The van der Waals surface area contributed by atoms with E-state index in [9.17, 15) is 4.79 Å². The number of nitrogens with zero attached hydrogens (tertiary/aromatic N) is 1. The molecule has 0 saturated carbocycles. The number of carbonyl (C=O) groups excluding carboxylic acids is 1. The minimum atomic E-state index is -0.393. The second-order valence-electron chi connectivity index (χ2n) is 3.34. The first-order chi connectivity index (χ1) is 7.75. The summed E-state index contributed by atoms with van der Waals surface area (Å²) < 4.78 is 4.79. The predicted octanol–water partition coefficient (Wildman–Crippen LogP) is 2.56. The lowest BCUT2D eigenvalue weighted by Crippen LogP contribution is -1.99. The molecule has 2 rings (SSSR count). The highest BCUT2D eigenvalue weighted by molar-refractivity contribution is 6.03. The van der Waals surface area contributed by atoms with Gasteiger partial charge in [-0.2, -0.15) is 0 Å². The van der Waals surface area contributed by atoms with Crippen LogP contribution in [-0.4, -0.2) is 11.9 Å². The molecule has 0 unspecified atom stereocenters. The van der Waals surface area contributed by atoms with Crippen LogP contribution in [0.4, 0.5) is 0 Å². The fraction of sp³-hybridized carbons (Fsp3) is 0.0769. The zero-order chi connectivity index (χ0) is 11.4. The molecule has 0 aromatic heterocycles. The maximum Gasteiger partial charge on any atom is 0.363 e. The zero-order valence-electron chi connectivity index (χ0n) is 8.88. The quantitative estimate of drug-likeness (QED) is 0.559. The van der Waals surface area contributed by atoms with Gasteiger partial charge in [0.2, 0.25) is 0 Å². The number of benzene rings is 1. The van der Waals surface area contributed by atoms with Gasteiger partial charge in [-0.05, 0) is 11.6 Å². The highest BCUT2D eigenvalue weighted by Crippen LogP contribution is 2.10. The van der Waals surface area contributed by atoms with Gasteiger partial charge in [0.05, 0.1) is 0 Å². The third kappa shape index (κ3) is 2.45. The van der Waals surface area contributed by atoms with E-state index in [1.54, 1.807) is 19.1 Å². The minimum Gasteiger partial charge on any atom is -0.407 e. The Morgan fingerprint density at radius 2 is 2.00 bits per heavy atom. The van der Waals surface area contributed by atoms with Gasteiger partial charge in [-0.25, -0.2) is 9.79 Å². The smallest absolute Gasteiger partial charge is 0.363 e. The topological polar surface area (TPSA) is 38.7 Å². The van der Waals surface area contributed by atoms with Crippen LogP contribution in [0.1, 0.15) is 12.5 Å². The summed E-state index contributed by atoms with van der Waals surface area (Å²) >= 11 is 0. The van der Waals surface area contributed by atoms with Crippen LogP contribution >= 0.6 is 0 Å². The Balaban J connectivity index is 2.10. The summed E-state index contributed by atoms with van der Waals surface area (Å²) in [7, 11) is 0. The standard InChI is InChI=1S/C13H11NO2/c1-10-14-12(13(15)16-10)9-5-8-11-6-3-2-4-7-11/h2-9H,1H3/b8-5+,12-9-. The molecular formula is C13H11NO2. The van der Waals surface area contributed by atoms with E-state index in [1.807, 2.05) is 36.4 Å². The molecule has 0 bridgehead atoms. The molecule has 0 saturated heterocycles. The summed E-state index contributed by atoms with van der Waals surface area (Å²) in [5.74, 6) is -0.000396. The second kappa shape index (κ2) is 4.57. The van der Waals surface area contributed by atoms with Gasteiger partial charge in [0.25, 0.3) is 0 Å². The van der Waals surface area contributed by atoms with E-state index < -0.39 is 5.97 Å². The van der Waals surface area contributed by atoms with Crippen molar-refractivity contribution in [3.8, 4) is 0 Å². The van der Waals surface area contributed by atoms with Crippen molar-refractivity contribution in [1.29, 1.82) is 0 Å². The molecule has 1 aromatic carbocycles. The van der Waals surface area contributed by atoms with Crippen molar-refractivity contribution < 1.29 is 9.53 Å². The Bertz CT molecular complexity index is 484. The van der Waals surface area contributed by atoms with Crippen LogP contribution in [0.25, 0.3) is 6.08 Å². The first-order valence-corrected chi connectivity index (χ1v) is 4.96. The van der Waals surface area contributed by atoms with Gasteiger partial charge in [-0.15, -0.1) is 0 Å². The largest absolute Gasteiger partial charge is 0.407 e. The van der Waals surface area contributed by atoms with Gasteiger partial charge in [0, 0.05) is 6.92 Å². The number of hydrogen-bond acceptors (Lipinski definition) is 3. The first kappa shape index (κ1) is 10.4. The van der Waals surface area contributed by atoms with Crippen LogP contribution in [0.2, 0.25) is 0 Å². The summed E-state index contributed by atoms with van der Waals surface area (Å²) in [5.41, 5.74) is 1.41. The van der Waals surface area contributed by atoms with Gasteiger partial charge in [-0.3, -0.25) is 0 Å². The molecule has 0 atom stereocenters.